The van der Waals surface area contributed by atoms with Crippen molar-refractivity contribution in [2.24, 2.45) is 0 Å². The number of aliphatic hydroxyl groups is 1. The molecular weight excluding hydrogens is 352 g/mol. The van der Waals surface area contributed by atoms with Crippen LogP contribution >= 0.6 is 0 Å². The Balaban J connectivity index is 1.93. The molecule has 3 rings (SSSR count). The molecule has 8 nitrogen and oxygen atoms in total. The van der Waals surface area contributed by atoms with E-state index in [-0.39, 0.29) is 18.1 Å². The molecule has 2 aliphatic rings. The Morgan fingerprint density at radius 1 is 1.44 bits per heavy atom. The summed E-state index contributed by atoms with van der Waals surface area (Å²) in [4.78, 5) is 24.7. The maximum Gasteiger partial charge on any atom is 0.270 e. The highest BCUT2D eigenvalue weighted by Gasteiger charge is 2.48. The first-order valence-electron chi connectivity index (χ1n) is 9.04. The van der Waals surface area contributed by atoms with Gasteiger partial charge in [0, 0.05) is 23.8 Å². The zero-order valence-corrected chi connectivity index (χ0v) is 15.7. The van der Waals surface area contributed by atoms with Crippen LogP contribution in [-0.4, -0.2) is 45.7 Å². The fourth-order valence-corrected chi connectivity index (χ4v) is 3.39. The molecule has 0 aromatic heterocycles. The van der Waals surface area contributed by atoms with Gasteiger partial charge in [-0.25, -0.2) is 0 Å². The van der Waals surface area contributed by atoms with Gasteiger partial charge in [-0.3, -0.25) is 14.9 Å². The lowest BCUT2D eigenvalue weighted by atomic mass is 9.85. The quantitative estimate of drug-likeness (QED) is 0.465. The molecule has 8 heteroatoms. The molecule has 0 saturated heterocycles. The Morgan fingerprint density at radius 3 is 2.85 bits per heavy atom. The van der Waals surface area contributed by atoms with Crippen molar-refractivity contribution in [2.45, 2.75) is 51.4 Å². The van der Waals surface area contributed by atoms with E-state index < -0.39 is 22.7 Å². The molecule has 0 unspecified atom stereocenters. The van der Waals surface area contributed by atoms with Gasteiger partial charge < -0.3 is 19.5 Å². The van der Waals surface area contributed by atoms with Crippen LogP contribution in [0.1, 0.15) is 45.2 Å². The van der Waals surface area contributed by atoms with Gasteiger partial charge in [-0.15, -0.1) is 0 Å². The van der Waals surface area contributed by atoms with Gasteiger partial charge in [0.1, 0.15) is 23.2 Å². The van der Waals surface area contributed by atoms with Crippen LogP contribution in [0.3, 0.4) is 0 Å². The van der Waals surface area contributed by atoms with Crippen molar-refractivity contribution in [3.05, 3.63) is 45.7 Å². The lowest BCUT2D eigenvalue weighted by molar-refractivity contribution is -0.385. The molecule has 1 N–H and O–H groups in total. The van der Waals surface area contributed by atoms with Crippen molar-refractivity contribution < 1.29 is 24.3 Å². The predicted molar refractivity (Wildman–Crippen MR) is 97.2 cm³/mol. The fraction of sp³-hybridized carbons (Fsp3) is 0.526. The van der Waals surface area contributed by atoms with E-state index in [0.29, 0.717) is 23.7 Å². The minimum absolute atomic E-state index is 0.117. The van der Waals surface area contributed by atoms with Crippen LogP contribution in [0.2, 0.25) is 0 Å². The molecule has 2 atom stereocenters. The smallest absolute Gasteiger partial charge is 0.270 e. The van der Waals surface area contributed by atoms with E-state index in [2.05, 4.69) is 0 Å². The molecule has 146 valence electrons. The summed E-state index contributed by atoms with van der Waals surface area (Å²) in [5.41, 5.74) is -0.652. The highest BCUT2D eigenvalue weighted by molar-refractivity contribution is 5.91. The molecule has 0 saturated carbocycles. The maximum atomic E-state index is 12.6. The van der Waals surface area contributed by atoms with Crippen molar-refractivity contribution in [1.82, 2.24) is 4.90 Å². The van der Waals surface area contributed by atoms with Gasteiger partial charge in [-0.05, 0) is 26.3 Å². The van der Waals surface area contributed by atoms with Crippen molar-refractivity contribution in [2.75, 3.05) is 13.2 Å². The summed E-state index contributed by atoms with van der Waals surface area (Å²) in [6.45, 7) is 6.23. The van der Waals surface area contributed by atoms with Gasteiger partial charge in [0.25, 0.3) is 11.6 Å². The van der Waals surface area contributed by atoms with Gasteiger partial charge in [0.2, 0.25) is 0 Å². The lowest BCUT2D eigenvalue weighted by Gasteiger charge is -2.45. The van der Waals surface area contributed by atoms with E-state index in [1.165, 1.54) is 29.2 Å². The number of nitro groups is 1. The van der Waals surface area contributed by atoms with Gasteiger partial charge >= 0.3 is 0 Å². The first-order valence-corrected chi connectivity index (χ1v) is 9.04. The first kappa shape index (κ1) is 19.2. The number of amides is 1. The van der Waals surface area contributed by atoms with E-state index in [1.807, 2.05) is 6.92 Å². The number of fused-ring (bicyclic) bond motifs is 1. The third kappa shape index (κ3) is 3.62. The molecule has 27 heavy (non-hydrogen) atoms. The van der Waals surface area contributed by atoms with Crippen LogP contribution < -0.4 is 4.74 Å². The van der Waals surface area contributed by atoms with Crippen LogP contribution in [0, 0.1) is 10.1 Å². The Hall–Kier alpha value is -2.61. The fourth-order valence-electron chi connectivity index (χ4n) is 3.39. The monoisotopic (exact) mass is 376 g/mol. The molecule has 0 spiro atoms. The predicted octanol–water partition coefficient (Wildman–Crippen LogP) is 2.71. The molecule has 1 amide bonds. The number of unbranched alkanes of at least 4 members (excludes halogenated alkanes) is 1. The topological polar surface area (TPSA) is 102 Å². The van der Waals surface area contributed by atoms with Crippen LogP contribution in [0.15, 0.2) is 30.0 Å². The number of nitrogens with zero attached hydrogens (tertiary/aromatic N) is 2. The summed E-state index contributed by atoms with van der Waals surface area (Å²) in [5, 5.41) is 22.1. The summed E-state index contributed by atoms with van der Waals surface area (Å²) in [6, 6.07) is 3.47. The standard InChI is InChI=1S/C19H24N2O6/c1-4-5-8-26-13-10-16(22)20(11-13)17-14-9-12(21(24)25)6-7-15(14)27-19(2,3)18(17)23/h6-7,9-10,17-18,23H,4-5,8,11H2,1-3H3/t17-,18+/m0/s1. The number of carbonyl (C=O) groups is 1. The number of rotatable bonds is 6. The summed E-state index contributed by atoms with van der Waals surface area (Å²) in [5.74, 6) is 0.673. The molecule has 1 aromatic carbocycles. The first-order chi connectivity index (χ1) is 12.7. The lowest BCUT2D eigenvalue weighted by Crippen LogP contribution is -2.54. The summed E-state index contributed by atoms with van der Waals surface area (Å²) >= 11 is 0. The molecule has 0 fully saturated rings. The normalized spacial score (nSPS) is 23.5. The van der Waals surface area contributed by atoms with E-state index in [4.69, 9.17) is 9.47 Å². The van der Waals surface area contributed by atoms with Gasteiger partial charge in [0.05, 0.1) is 24.1 Å². The average molecular weight is 376 g/mol. The second-order valence-electron chi connectivity index (χ2n) is 7.35. The van der Waals surface area contributed by atoms with Crippen molar-refractivity contribution in [3.8, 4) is 5.75 Å². The van der Waals surface area contributed by atoms with E-state index in [1.54, 1.807) is 13.8 Å². The summed E-state index contributed by atoms with van der Waals surface area (Å²) in [7, 11) is 0. The van der Waals surface area contributed by atoms with Crippen LogP contribution in [0.4, 0.5) is 5.69 Å². The van der Waals surface area contributed by atoms with E-state index in [9.17, 15) is 20.0 Å². The number of carbonyl (C=O) groups excluding carboxylic acids is 1. The second-order valence-corrected chi connectivity index (χ2v) is 7.35. The number of benzene rings is 1. The number of non-ortho nitro benzene ring substituents is 1. The number of ether oxygens (including phenoxy) is 2. The Kier molecular flexibility index (Phi) is 5.10. The molecule has 0 bridgehead atoms. The molecule has 1 aromatic rings. The van der Waals surface area contributed by atoms with Crippen molar-refractivity contribution in [1.29, 1.82) is 0 Å². The molecule has 2 aliphatic heterocycles. The number of hydrogen-bond donors (Lipinski definition) is 1. The number of hydrogen-bond acceptors (Lipinski definition) is 6. The third-order valence-corrected chi connectivity index (χ3v) is 4.92. The minimum atomic E-state index is -1.06. The average Bonchev–Trinajstić information content (AvgIpc) is 2.96. The Bertz CT molecular complexity index is 788. The number of aliphatic hydroxyl groups excluding tert-OH is 1. The molecule has 0 aliphatic carbocycles. The van der Waals surface area contributed by atoms with Gasteiger partial charge in [0.15, 0.2) is 0 Å². The number of nitro benzene ring substituents is 1. The largest absolute Gasteiger partial charge is 0.496 e. The molecular formula is C19H24N2O6. The van der Waals surface area contributed by atoms with Crippen LogP contribution in [0.25, 0.3) is 0 Å². The zero-order chi connectivity index (χ0) is 19.8. The second kappa shape index (κ2) is 7.19. The zero-order valence-electron chi connectivity index (χ0n) is 15.7. The van der Waals surface area contributed by atoms with Crippen molar-refractivity contribution in [3.63, 3.8) is 0 Å². The van der Waals surface area contributed by atoms with Crippen LogP contribution in [0.5, 0.6) is 5.75 Å². The maximum absolute atomic E-state index is 12.6. The van der Waals surface area contributed by atoms with E-state index in [0.717, 1.165) is 12.8 Å². The Morgan fingerprint density at radius 2 is 2.19 bits per heavy atom. The highest BCUT2D eigenvalue weighted by Crippen LogP contribution is 2.45. The third-order valence-electron chi connectivity index (χ3n) is 4.92. The minimum Gasteiger partial charge on any atom is -0.496 e. The summed E-state index contributed by atoms with van der Waals surface area (Å²) < 4.78 is 11.5. The highest BCUT2D eigenvalue weighted by atomic mass is 16.6. The molecule has 0 radical (unpaired) electrons. The van der Waals surface area contributed by atoms with E-state index >= 15 is 0 Å². The molecule has 2 heterocycles. The Labute approximate surface area is 157 Å². The van der Waals surface area contributed by atoms with Gasteiger partial charge in [-0.1, -0.05) is 13.3 Å². The van der Waals surface area contributed by atoms with Crippen molar-refractivity contribution >= 4 is 11.6 Å². The van der Waals surface area contributed by atoms with Crippen LogP contribution in [-0.2, 0) is 9.53 Å². The SMILES string of the molecule is CCCCOC1=CC(=O)N([C@H]2c3cc([N+](=O)[O-])ccc3OC(C)(C)[C@@H]2O)C1. The van der Waals surface area contributed by atoms with Gasteiger partial charge in [-0.2, -0.15) is 0 Å². The summed E-state index contributed by atoms with van der Waals surface area (Å²) in [6.07, 6.45) is 2.23.